The van der Waals surface area contributed by atoms with Crippen molar-refractivity contribution in [3.63, 3.8) is 0 Å². The second-order valence-corrected chi connectivity index (χ2v) is 13.7. The molecule has 0 unspecified atom stereocenters. The zero-order valence-electron chi connectivity index (χ0n) is 16.8. The molecular formula is C18H33NO4SSi. The van der Waals surface area contributed by atoms with Gasteiger partial charge < -0.3 is 9.16 Å². The fourth-order valence-corrected chi connectivity index (χ4v) is 5.13. The molecule has 1 fully saturated rings. The minimum Gasteiger partial charge on any atom is -0.465 e. The van der Waals surface area contributed by atoms with Crippen molar-refractivity contribution in [2.45, 2.75) is 64.9 Å². The van der Waals surface area contributed by atoms with Crippen LogP contribution in [0, 0.1) is 11.8 Å². The maximum Gasteiger partial charge on any atom is 0.302 e. The van der Waals surface area contributed by atoms with Crippen molar-refractivity contribution in [2.24, 2.45) is 11.8 Å². The second kappa shape index (κ2) is 8.27. The molecule has 144 valence electrons. The lowest BCUT2D eigenvalue weighted by Gasteiger charge is -2.52. The molecule has 5 nitrogen and oxygen atoms in total. The number of hydrogen-bond acceptors (Lipinski definition) is 5. The number of rotatable bonds is 8. The van der Waals surface area contributed by atoms with E-state index in [1.807, 2.05) is 13.2 Å². The second-order valence-electron chi connectivity index (χ2n) is 8.15. The summed E-state index contributed by atoms with van der Waals surface area (Å²) in [6, 6.07) is -0.0703. The molecule has 0 aliphatic carbocycles. The van der Waals surface area contributed by atoms with Gasteiger partial charge in [0.2, 0.25) is 5.91 Å². The van der Waals surface area contributed by atoms with Gasteiger partial charge in [-0.1, -0.05) is 38.8 Å². The first-order valence-electron chi connectivity index (χ1n) is 8.68. The minimum absolute atomic E-state index is 0.0703. The average molecular weight is 388 g/mol. The van der Waals surface area contributed by atoms with E-state index in [-0.39, 0.29) is 47.5 Å². The normalized spacial score (nSPS) is 23.7. The van der Waals surface area contributed by atoms with Crippen LogP contribution in [-0.2, 0) is 18.8 Å². The summed E-state index contributed by atoms with van der Waals surface area (Å²) in [5, 5.41) is 0.0817. The number of ether oxygens (including phenoxy) is 1. The Labute approximate surface area is 157 Å². The number of esters is 1. The molecule has 0 aromatic carbocycles. The molecule has 0 spiro atoms. The highest BCUT2D eigenvalue weighted by molar-refractivity contribution is 7.96. The smallest absolute Gasteiger partial charge is 0.302 e. The summed E-state index contributed by atoms with van der Waals surface area (Å²) in [6.07, 6.45) is 3.48. The number of nitrogens with zero attached hydrogens (tertiary/aromatic N) is 1. The van der Waals surface area contributed by atoms with Gasteiger partial charge in [0, 0.05) is 19.1 Å². The molecule has 1 aliphatic heterocycles. The number of β-lactam (4-membered cyclic amide) rings is 1. The topological polar surface area (TPSA) is 55.8 Å². The first-order chi connectivity index (χ1) is 11.4. The van der Waals surface area contributed by atoms with Crippen molar-refractivity contribution < 1.29 is 18.8 Å². The maximum atomic E-state index is 12.6. The van der Waals surface area contributed by atoms with E-state index in [9.17, 15) is 9.59 Å². The molecule has 0 aromatic heterocycles. The van der Waals surface area contributed by atoms with Gasteiger partial charge in [-0.3, -0.25) is 13.9 Å². The lowest BCUT2D eigenvalue weighted by molar-refractivity contribution is -0.156. The maximum absolute atomic E-state index is 12.6. The van der Waals surface area contributed by atoms with Gasteiger partial charge in [-0.2, -0.15) is 0 Å². The van der Waals surface area contributed by atoms with Crippen molar-refractivity contribution in [3.8, 4) is 0 Å². The Morgan fingerprint density at radius 1 is 1.44 bits per heavy atom. The molecule has 0 saturated carbocycles. The predicted octanol–water partition coefficient (Wildman–Crippen LogP) is 3.87. The van der Waals surface area contributed by atoms with E-state index in [0.717, 1.165) is 0 Å². The highest BCUT2D eigenvalue weighted by Crippen LogP contribution is 2.43. The van der Waals surface area contributed by atoms with Crippen LogP contribution in [0.4, 0.5) is 0 Å². The van der Waals surface area contributed by atoms with Crippen molar-refractivity contribution in [3.05, 3.63) is 12.7 Å². The third-order valence-electron chi connectivity index (χ3n) is 5.35. The van der Waals surface area contributed by atoms with Gasteiger partial charge in [0.1, 0.15) is 0 Å². The molecule has 4 atom stereocenters. The summed E-state index contributed by atoms with van der Waals surface area (Å²) < 4.78 is 13.4. The van der Waals surface area contributed by atoms with Gasteiger partial charge in [0.15, 0.2) is 8.32 Å². The Bertz CT molecular complexity index is 518. The van der Waals surface area contributed by atoms with Gasteiger partial charge >= 0.3 is 5.97 Å². The van der Waals surface area contributed by atoms with Crippen LogP contribution in [-0.4, -0.2) is 49.5 Å². The van der Waals surface area contributed by atoms with Crippen LogP contribution in [0.5, 0.6) is 0 Å². The molecular weight excluding hydrogens is 354 g/mol. The lowest BCUT2D eigenvalue weighted by Crippen LogP contribution is -2.65. The molecule has 0 bridgehead atoms. The van der Waals surface area contributed by atoms with Crippen molar-refractivity contribution in [1.29, 1.82) is 0 Å². The Hall–Kier alpha value is -0.793. The van der Waals surface area contributed by atoms with Crippen LogP contribution < -0.4 is 0 Å². The summed E-state index contributed by atoms with van der Waals surface area (Å²) in [7, 11) is -1.97. The van der Waals surface area contributed by atoms with Crippen molar-refractivity contribution >= 4 is 32.1 Å². The summed E-state index contributed by atoms with van der Waals surface area (Å²) >= 11 is 1.40. The molecule has 0 aromatic rings. The number of amides is 1. The van der Waals surface area contributed by atoms with E-state index in [2.05, 4.69) is 40.4 Å². The fourth-order valence-electron chi connectivity index (χ4n) is 2.87. The third-order valence-corrected chi connectivity index (χ3v) is 10.7. The zero-order chi connectivity index (χ0) is 19.6. The first kappa shape index (κ1) is 22.2. The summed E-state index contributed by atoms with van der Waals surface area (Å²) in [6.45, 7) is 18.4. The summed E-state index contributed by atoms with van der Waals surface area (Å²) in [4.78, 5) is 23.8. The Balaban J connectivity index is 2.96. The third kappa shape index (κ3) is 4.89. The van der Waals surface area contributed by atoms with Crippen LogP contribution >= 0.6 is 11.9 Å². The molecule has 1 heterocycles. The number of carbonyl (C=O) groups is 2. The van der Waals surface area contributed by atoms with Crippen LogP contribution in [0.2, 0.25) is 18.1 Å². The predicted molar refractivity (Wildman–Crippen MR) is 106 cm³/mol. The molecule has 1 amide bonds. The lowest BCUT2D eigenvalue weighted by atomic mass is 9.78. The largest absolute Gasteiger partial charge is 0.465 e. The zero-order valence-corrected chi connectivity index (χ0v) is 18.6. The van der Waals surface area contributed by atoms with E-state index in [4.69, 9.17) is 9.16 Å². The quantitative estimate of drug-likeness (QED) is 0.208. The standard InChI is InChI=1S/C18H33NO4SSi/c1-10-14(11-22-13(3)20)16-15(17(21)19(16)24-7)12(2)23-25(8,9)18(4,5)6/h10,12,14-16H,1,11H2,2-9H3/t12-,14+,15-,16-/m1/s1. The first-order valence-corrected chi connectivity index (χ1v) is 12.8. The monoisotopic (exact) mass is 387 g/mol. The van der Waals surface area contributed by atoms with Crippen LogP contribution in [0.1, 0.15) is 34.6 Å². The molecule has 0 radical (unpaired) electrons. The van der Waals surface area contributed by atoms with Gasteiger partial charge in [-0.15, -0.1) is 6.58 Å². The molecule has 7 heteroatoms. The van der Waals surface area contributed by atoms with Crippen LogP contribution in [0.15, 0.2) is 12.7 Å². The summed E-state index contributed by atoms with van der Waals surface area (Å²) in [5.74, 6) is -0.585. The Kier molecular flexibility index (Phi) is 7.36. The highest BCUT2D eigenvalue weighted by Gasteiger charge is 2.54. The van der Waals surface area contributed by atoms with Crippen LogP contribution in [0.3, 0.4) is 0 Å². The molecule has 25 heavy (non-hydrogen) atoms. The molecule has 0 N–H and O–H groups in total. The number of carbonyl (C=O) groups excluding carboxylic acids is 2. The summed E-state index contributed by atoms with van der Waals surface area (Å²) in [5.41, 5.74) is 0. The number of hydrogen-bond donors (Lipinski definition) is 0. The van der Waals surface area contributed by atoms with Gasteiger partial charge in [-0.25, -0.2) is 0 Å². The van der Waals surface area contributed by atoms with Gasteiger partial charge in [-0.05, 0) is 25.1 Å². The average Bonchev–Trinajstić information content (AvgIpc) is 2.45. The van der Waals surface area contributed by atoms with E-state index in [1.54, 1.807) is 10.4 Å². The fraction of sp³-hybridized carbons (Fsp3) is 0.778. The van der Waals surface area contributed by atoms with Crippen molar-refractivity contribution in [2.75, 3.05) is 12.9 Å². The Morgan fingerprint density at radius 2 is 2.00 bits per heavy atom. The van der Waals surface area contributed by atoms with Gasteiger partial charge in [0.25, 0.3) is 0 Å². The highest BCUT2D eigenvalue weighted by atomic mass is 32.2. The molecule has 1 saturated heterocycles. The van der Waals surface area contributed by atoms with Crippen LogP contribution in [0.25, 0.3) is 0 Å². The minimum atomic E-state index is -1.97. The SMILES string of the molecule is C=C[C@@H](COC(C)=O)[C@@H]1[C@@H]([C@@H](C)O[Si](C)(C)C(C)(C)C)C(=O)N1SC. The van der Waals surface area contributed by atoms with Crippen molar-refractivity contribution in [1.82, 2.24) is 4.31 Å². The Morgan fingerprint density at radius 3 is 2.40 bits per heavy atom. The van der Waals surface area contributed by atoms with Gasteiger partial charge in [0.05, 0.1) is 24.7 Å². The van der Waals surface area contributed by atoms with E-state index in [1.165, 1.54) is 18.9 Å². The van der Waals surface area contributed by atoms with E-state index >= 15 is 0 Å². The molecule has 1 rings (SSSR count). The van der Waals surface area contributed by atoms with E-state index in [0.29, 0.717) is 0 Å². The van der Waals surface area contributed by atoms with E-state index < -0.39 is 8.32 Å². The molecule has 1 aliphatic rings.